The van der Waals surface area contributed by atoms with E-state index < -0.39 is 154 Å². The van der Waals surface area contributed by atoms with Gasteiger partial charge < -0.3 is 18.9 Å². The van der Waals surface area contributed by atoms with Gasteiger partial charge in [-0.05, 0) is 219 Å². The number of benzene rings is 13. The molecule has 0 bridgehead atoms. The third-order valence-corrected chi connectivity index (χ3v) is 22.3. The van der Waals surface area contributed by atoms with Crippen LogP contribution in [0.4, 0.5) is 34.1 Å². The summed E-state index contributed by atoms with van der Waals surface area (Å²) >= 11 is 0. The quantitative estimate of drug-likeness (QED) is 0.120. The molecule has 2 aliphatic heterocycles. The molecule has 2 aromatic heterocycles. The van der Waals surface area contributed by atoms with Gasteiger partial charge in [0, 0.05) is 83.4 Å². The molecule has 4 heterocycles. The van der Waals surface area contributed by atoms with Crippen molar-refractivity contribution >= 4 is 101 Å². The van der Waals surface area contributed by atoms with E-state index in [1.165, 1.54) is 9.13 Å². The van der Waals surface area contributed by atoms with Gasteiger partial charge in [-0.3, -0.25) is 0 Å². The van der Waals surface area contributed by atoms with Gasteiger partial charge in [-0.15, -0.1) is 0 Å². The topological polar surface area (TPSA) is 16.3 Å². The Kier molecular flexibility index (Phi) is 13.4. The Hall–Kier alpha value is -10.9. The van der Waals surface area contributed by atoms with Gasteiger partial charge in [0.2, 0.25) is 0 Å². The summed E-state index contributed by atoms with van der Waals surface area (Å²) in [7, 11) is 0. The third-order valence-electron chi connectivity index (χ3n) is 22.3. The molecule has 0 atom stereocenters. The number of hydrogen-bond acceptors (Lipinski definition) is 2. The number of para-hydroxylation sites is 4. The fraction of sp³-hybridized carbons (Fsp3) is 0.284. The Labute approximate surface area is 707 Å². The largest absolute Gasteiger partial charge is 0.310 e. The lowest BCUT2D eigenvalue weighted by Crippen LogP contribution is -2.61. The summed E-state index contributed by atoms with van der Waals surface area (Å²) in [6.45, 7) is 42.9. The van der Waals surface area contributed by atoms with Crippen LogP contribution in [0.15, 0.2) is 267 Å². The number of hydrogen-bond donors (Lipinski definition) is 0. The molecule has 0 saturated carbocycles. The minimum absolute atomic E-state index is 0.108. The van der Waals surface area contributed by atoms with Crippen LogP contribution >= 0.6 is 0 Å². The molecule has 2 aliphatic rings. The molecule has 0 spiro atoms. The predicted octanol–water partition coefficient (Wildman–Crippen LogP) is 28.6. The molecule has 572 valence electrons. The van der Waals surface area contributed by atoms with Gasteiger partial charge in [-0.1, -0.05) is 327 Å². The highest BCUT2D eigenvalue weighted by Gasteiger charge is 2.47. The maximum Gasteiger partial charge on any atom is 0.252 e. The van der Waals surface area contributed by atoms with Crippen LogP contribution in [0.1, 0.15) is 212 Å². The molecule has 5 heteroatoms. The molecule has 0 unspecified atom stereocenters. The van der Waals surface area contributed by atoms with Gasteiger partial charge in [0.1, 0.15) is 0 Å². The van der Waals surface area contributed by atoms with Crippen molar-refractivity contribution in [2.75, 3.05) is 9.80 Å². The zero-order valence-corrected chi connectivity index (χ0v) is 69.7. The van der Waals surface area contributed by atoms with Crippen molar-refractivity contribution in [3.05, 3.63) is 305 Å². The van der Waals surface area contributed by atoms with Gasteiger partial charge >= 0.3 is 0 Å². The first-order valence-corrected chi connectivity index (χ1v) is 40.0. The molecule has 17 rings (SSSR count). The Balaban J connectivity index is 1.17. The highest BCUT2D eigenvalue weighted by molar-refractivity contribution is 7.00. The third kappa shape index (κ3) is 13.9. The standard InChI is InChI=1S/C109H113BN4/c1-103(2,3)66-69-54-86(72-34-30-38-76(60-72)106(10,11)12)101(87(55-69)73-35-31-39-77(61-73)107(13,14)15)113-96-64-80(111-92-46-26-22-42-82(92)83-43-23-27-47-93(83)111)50-52-90(96)110-91-53-51-81(112-94-48-28-24-44-84(94)85-45-25-29-49-95(85)112)65-97(91)114(99-59-71(68-105(7,8)9)58-98(113)100(99)110)102-88(74-36-32-40-78(62-74)108(16,17)18)56-70(67-104(4,5)6)57-89(102)75-37-33-41-79(63-75)109(19,20)21/h22-65H,66-68H2,1-21H3/i22D,23D,24D,25D,26D,27D,28D,29D,42D,43D,44D,45D,46D,47D,48D,49D,66D2,67D2. The van der Waals surface area contributed by atoms with Crippen LogP contribution in [0.5, 0.6) is 0 Å². The summed E-state index contributed by atoms with van der Waals surface area (Å²) in [5.74, 6) is 0. The van der Waals surface area contributed by atoms with E-state index in [1.807, 2.05) is 126 Å². The molecule has 0 aliphatic carbocycles. The average Bonchev–Trinajstić information content (AvgIpc) is 1.63. The molecule has 0 saturated heterocycles. The first-order valence-electron chi connectivity index (χ1n) is 50.0. The Morgan fingerprint density at radius 3 is 0.860 bits per heavy atom. The highest BCUT2D eigenvalue weighted by Crippen LogP contribution is 2.56. The molecule has 13 aromatic carbocycles. The van der Waals surface area contributed by atoms with E-state index >= 15 is 0 Å². The van der Waals surface area contributed by atoms with E-state index in [2.05, 4.69) is 199 Å². The molecule has 0 amide bonds. The van der Waals surface area contributed by atoms with E-state index in [0.717, 1.165) is 55.5 Å². The lowest BCUT2D eigenvalue weighted by Gasteiger charge is -2.46. The second-order valence-corrected chi connectivity index (χ2v) is 38.9. The van der Waals surface area contributed by atoms with Crippen molar-refractivity contribution in [1.82, 2.24) is 9.13 Å². The van der Waals surface area contributed by atoms with Crippen molar-refractivity contribution in [1.29, 1.82) is 0 Å². The van der Waals surface area contributed by atoms with E-state index in [4.69, 9.17) is 0 Å². The molecular weight excluding hydrogens is 1380 g/mol. The van der Waals surface area contributed by atoms with E-state index in [-0.39, 0.29) is 55.0 Å². The van der Waals surface area contributed by atoms with Gasteiger partial charge in [-0.2, -0.15) is 0 Å². The minimum Gasteiger partial charge on any atom is -0.310 e. The highest BCUT2D eigenvalue weighted by atomic mass is 15.2. The zero-order valence-electron chi connectivity index (χ0n) is 89.7. The predicted molar refractivity (Wildman–Crippen MR) is 495 cm³/mol. The van der Waals surface area contributed by atoms with Crippen molar-refractivity contribution in [3.8, 4) is 55.9 Å². The number of aromatic nitrogens is 2. The van der Waals surface area contributed by atoms with Crippen LogP contribution in [0.2, 0.25) is 0 Å². The molecule has 4 nitrogen and oxygen atoms in total. The van der Waals surface area contributed by atoms with Crippen LogP contribution in [0, 0.1) is 16.2 Å². The summed E-state index contributed by atoms with van der Waals surface area (Å²) in [6.07, 6.45) is -3.68. The molecule has 114 heavy (non-hydrogen) atoms. The van der Waals surface area contributed by atoms with Gasteiger partial charge in [-0.25, -0.2) is 0 Å². The van der Waals surface area contributed by atoms with Crippen molar-refractivity contribution in [2.24, 2.45) is 16.2 Å². The Bertz CT molecular complexity index is 6810. The second kappa shape index (κ2) is 27.4. The SMILES string of the molecule is [2H]c1c([2H])c([2H])c2c(c1[2H])c1c([2H])c([2H])c([2H])c([2H])c1n2-c1ccc2c(c1)N(c1c(-c3cccc(C(C)(C)C)c3)cc(C([2H])([2H])C(C)(C)C)cc1-c1cccc(C(C)(C)C)c1)c1cc(CC(C)(C)C)cc3c1B2c1ccc(-n2c4c([2H])c([2H])c([2H])c([2H])c4c4c([2H])c([2H])c([2H])c([2H])c42)cc1N3c1c(-c2cccc(C(C)(C)C)c2)cc(C([2H])([2H])C(C)(C)C)cc1-c1cccc(C(C)(C)C)c1. The first kappa shape index (κ1) is 55.6. The first-order chi connectivity index (χ1) is 62.1. The van der Waals surface area contributed by atoms with Crippen molar-refractivity contribution in [3.63, 3.8) is 0 Å². The summed E-state index contributed by atoms with van der Waals surface area (Å²) in [5, 5.41) is -0.488. The molecule has 0 radical (unpaired) electrons. The van der Waals surface area contributed by atoms with E-state index in [1.54, 1.807) is 0 Å². The molecule has 0 N–H and O–H groups in total. The minimum atomic E-state index is -2.04. The fourth-order valence-electron chi connectivity index (χ4n) is 17.1. The number of anilines is 6. The van der Waals surface area contributed by atoms with Crippen LogP contribution in [0.25, 0.3) is 99.5 Å². The van der Waals surface area contributed by atoms with Gasteiger partial charge in [0.15, 0.2) is 0 Å². The summed E-state index contributed by atoms with van der Waals surface area (Å²) in [6, 6.07) is 48.6. The average molecular weight is 1510 g/mol. The summed E-state index contributed by atoms with van der Waals surface area (Å²) in [4.78, 5) is 4.54. The molecule has 0 fully saturated rings. The lowest BCUT2D eigenvalue weighted by atomic mass is 9.33. The fourth-order valence-corrected chi connectivity index (χ4v) is 17.1. The number of rotatable bonds is 11. The van der Waals surface area contributed by atoms with E-state index in [0.29, 0.717) is 84.9 Å². The normalized spacial score (nSPS) is 16.3. The maximum absolute atomic E-state index is 10.6. The van der Waals surface area contributed by atoms with Crippen LogP contribution in [-0.4, -0.2) is 15.8 Å². The Morgan fingerprint density at radius 2 is 0.588 bits per heavy atom. The summed E-state index contributed by atoms with van der Waals surface area (Å²) < 4.78 is 200. The van der Waals surface area contributed by atoms with Crippen LogP contribution in [0.3, 0.4) is 0 Å². The molecule has 15 aromatic rings. The van der Waals surface area contributed by atoms with Crippen molar-refractivity contribution in [2.45, 2.75) is 186 Å². The van der Waals surface area contributed by atoms with Crippen LogP contribution in [-0.2, 0) is 40.8 Å². The smallest absolute Gasteiger partial charge is 0.252 e. The second-order valence-electron chi connectivity index (χ2n) is 38.9. The monoisotopic (exact) mass is 1510 g/mol. The van der Waals surface area contributed by atoms with Gasteiger partial charge in [0.05, 0.1) is 55.4 Å². The zero-order chi connectivity index (χ0) is 97.8. The van der Waals surface area contributed by atoms with Crippen molar-refractivity contribution < 1.29 is 27.4 Å². The number of fused-ring (bicyclic) bond motifs is 10. The number of nitrogens with zero attached hydrogens (tertiary/aromatic N) is 4. The van der Waals surface area contributed by atoms with Crippen LogP contribution < -0.4 is 26.2 Å². The van der Waals surface area contributed by atoms with E-state index in [9.17, 15) is 27.4 Å². The summed E-state index contributed by atoms with van der Waals surface area (Å²) in [5.41, 5.74) is 12.1. The lowest BCUT2D eigenvalue weighted by molar-refractivity contribution is 0.411. The Morgan fingerprint density at radius 1 is 0.298 bits per heavy atom. The van der Waals surface area contributed by atoms with Gasteiger partial charge in [0.25, 0.3) is 6.71 Å². The molecular formula is C109H113BN4. The maximum atomic E-state index is 10.6.